The van der Waals surface area contributed by atoms with Crippen molar-refractivity contribution in [2.24, 2.45) is 11.3 Å². The Hall–Kier alpha value is -1.44. The third-order valence-corrected chi connectivity index (χ3v) is 6.62. The van der Waals surface area contributed by atoms with E-state index in [1.165, 1.54) is 5.69 Å². The van der Waals surface area contributed by atoms with E-state index >= 15 is 0 Å². The normalized spacial score (nSPS) is 24.0. The van der Waals surface area contributed by atoms with Gasteiger partial charge in [0.2, 0.25) is 0 Å². The number of nitrogens with zero attached hydrogens (tertiary/aromatic N) is 2. The van der Waals surface area contributed by atoms with Crippen molar-refractivity contribution in [2.45, 2.75) is 31.2 Å². The maximum Gasteiger partial charge on any atom is 0.317 e. The van der Waals surface area contributed by atoms with E-state index in [9.17, 15) is 4.79 Å². The number of amides is 2. The fraction of sp³-hybridized carbons (Fsp3) is 0.650. The molecule has 0 aliphatic carbocycles. The van der Waals surface area contributed by atoms with Gasteiger partial charge in [0.15, 0.2) is 0 Å². The Morgan fingerprint density at radius 2 is 1.93 bits per heavy atom. The zero-order valence-electron chi connectivity index (χ0n) is 16.2. The summed E-state index contributed by atoms with van der Waals surface area (Å²) in [6.45, 7) is 7.47. The molecule has 0 spiro atoms. The average molecular weight is 394 g/mol. The fourth-order valence-electron chi connectivity index (χ4n) is 4.46. The first-order chi connectivity index (χ1) is 12.9. The van der Waals surface area contributed by atoms with E-state index in [4.69, 9.17) is 10.2 Å². The molecule has 27 heavy (non-hydrogen) atoms. The Balaban J connectivity index is 1.78. The van der Waals surface area contributed by atoms with Gasteiger partial charge in [-0.1, -0.05) is 13.8 Å². The van der Waals surface area contributed by atoms with Crippen molar-refractivity contribution < 1.29 is 15.0 Å². The first kappa shape index (κ1) is 20.3. The lowest BCUT2D eigenvalue weighted by Crippen LogP contribution is -2.54. The van der Waals surface area contributed by atoms with Gasteiger partial charge in [-0.15, -0.1) is 11.8 Å². The summed E-state index contributed by atoms with van der Waals surface area (Å²) in [4.78, 5) is 18.0. The summed E-state index contributed by atoms with van der Waals surface area (Å²) >= 11 is 1.66. The van der Waals surface area contributed by atoms with Gasteiger partial charge in [-0.05, 0) is 42.0 Å². The number of aliphatic hydroxyl groups is 2. The average Bonchev–Trinajstić information content (AvgIpc) is 2.92. The molecular weight excluding hydrogens is 362 g/mol. The summed E-state index contributed by atoms with van der Waals surface area (Å²) in [5, 5.41) is 20.8. The molecule has 0 aromatic heterocycles. The Morgan fingerprint density at radius 3 is 2.59 bits per heavy atom. The topological polar surface area (TPSA) is 76.0 Å². The summed E-state index contributed by atoms with van der Waals surface area (Å²) in [7, 11) is 0. The van der Waals surface area contributed by atoms with E-state index in [0.29, 0.717) is 24.8 Å². The number of hydrogen-bond acceptors (Lipinski definition) is 5. The van der Waals surface area contributed by atoms with Crippen molar-refractivity contribution in [3.63, 3.8) is 0 Å². The largest absolute Gasteiger partial charge is 0.396 e. The maximum atomic E-state index is 12.5. The summed E-state index contributed by atoms with van der Waals surface area (Å²) in [5.41, 5.74) is 1.32. The highest BCUT2D eigenvalue weighted by Gasteiger charge is 2.46. The highest BCUT2D eigenvalue weighted by Crippen LogP contribution is 2.43. The van der Waals surface area contributed by atoms with Crippen molar-refractivity contribution in [2.75, 3.05) is 50.0 Å². The SMILES string of the molecule is CC1(C)C[C@@H]2CN(C(=O)NCCO)C[C@H]1N(c1ccc(SCCO)cc1)C2. The minimum atomic E-state index is -0.0747. The molecule has 0 radical (unpaired) electrons. The van der Waals surface area contributed by atoms with Crippen LogP contribution in [-0.4, -0.2) is 72.3 Å². The molecular formula is C20H31N3O3S. The summed E-state index contributed by atoms with van der Waals surface area (Å²) in [6.07, 6.45) is 1.11. The number of fused-ring (bicyclic) bond motifs is 4. The third kappa shape index (κ3) is 4.70. The van der Waals surface area contributed by atoms with Crippen LogP contribution in [0.5, 0.6) is 0 Å². The van der Waals surface area contributed by atoms with Crippen molar-refractivity contribution in [3.8, 4) is 0 Å². The summed E-state index contributed by atoms with van der Waals surface area (Å²) in [6, 6.07) is 8.74. The van der Waals surface area contributed by atoms with E-state index in [2.05, 4.69) is 48.3 Å². The second kappa shape index (κ2) is 8.71. The minimum absolute atomic E-state index is 0.0370. The molecule has 1 aromatic rings. The van der Waals surface area contributed by atoms with Crippen molar-refractivity contribution in [1.29, 1.82) is 0 Å². The molecule has 2 bridgehead atoms. The van der Waals surface area contributed by atoms with Gasteiger partial charge >= 0.3 is 6.03 Å². The molecule has 0 unspecified atom stereocenters. The standard InChI is InChI=1S/C20H31N3O3S/c1-20(2)11-15-12-22(19(26)21-7-8-24)14-18(20)23(13-15)16-3-5-17(6-4-16)27-10-9-25/h3-6,15,18,24-25H,7-14H2,1-2H3,(H,21,26)/t15-,18-/m1/s1. The van der Waals surface area contributed by atoms with Gasteiger partial charge in [0.25, 0.3) is 0 Å². The molecule has 3 saturated heterocycles. The van der Waals surface area contributed by atoms with Crippen LogP contribution in [0.2, 0.25) is 0 Å². The molecule has 1 aromatic carbocycles. The van der Waals surface area contributed by atoms with Crippen LogP contribution in [0.25, 0.3) is 0 Å². The molecule has 7 heteroatoms. The molecule has 2 amide bonds. The van der Waals surface area contributed by atoms with Gasteiger partial charge in [-0.2, -0.15) is 0 Å². The zero-order valence-corrected chi connectivity index (χ0v) is 17.0. The van der Waals surface area contributed by atoms with Gasteiger partial charge in [-0.25, -0.2) is 4.79 Å². The van der Waals surface area contributed by atoms with E-state index in [1.54, 1.807) is 11.8 Å². The number of hydrogen-bond donors (Lipinski definition) is 3. The van der Waals surface area contributed by atoms with Crippen LogP contribution in [0.1, 0.15) is 20.3 Å². The molecule has 150 valence electrons. The first-order valence-corrected chi connectivity index (χ1v) is 10.7. The van der Waals surface area contributed by atoms with Crippen LogP contribution in [0.3, 0.4) is 0 Å². The Kier molecular flexibility index (Phi) is 6.55. The van der Waals surface area contributed by atoms with E-state index in [0.717, 1.165) is 24.4 Å². The smallest absolute Gasteiger partial charge is 0.317 e. The highest BCUT2D eigenvalue weighted by molar-refractivity contribution is 7.99. The number of aliphatic hydroxyl groups excluding tert-OH is 2. The van der Waals surface area contributed by atoms with Crippen LogP contribution in [-0.2, 0) is 0 Å². The molecule has 6 nitrogen and oxygen atoms in total. The molecule has 2 atom stereocenters. The van der Waals surface area contributed by atoms with E-state index in [-0.39, 0.29) is 30.7 Å². The fourth-order valence-corrected chi connectivity index (χ4v) is 5.11. The quantitative estimate of drug-likeness (QED) is 0.645. The van der Waals surface area contributed by atoms with Crippen molar-refractivity contribution in [3.05, 3.63) is 24.3 Å². The molecule has 3 fully saturated rings. The number of anilines is 1. The number of rotatable bonds is 6. The molecule has 3 aliphatic rings. The van der Waals surface area contributed by atoms with Gasteiger partial charge in [-0.3, -0.25) is 0 Å². The molecule has 3 heterocycles. The van der Waals surface area contributed by atoms with Crippen LogP contribution < -0.4 is 10.2 Å². The lowest BCUT2D eigenvalue weighted by molar-refractivity contribution is 0.185. The van der Waals surface area contributed by atoms with Gasteiger partial charge in [0.05, 0.1) is 19.3 Å². The molecule has 3 aliphatic heterocycles. The van der Waals surface area contributed by atoms with Crippen LogP contribution in [0.15, 0.2) is 29.2 Å². The van der Waals surface area contributed by atoms with Crippen LogP contribution >= 0.6 is 11.8 Å². The predicted octanol–water partition coefficient (Wildman–Crippen LogP) is 2.01. The number of nitrogens with one attached hydrogen (secondary N) is 1. The van der Waals surface area contributed by atoms with Gasteiger partial charge in [0, 0.05) is 42.5 Å². The zero-order chi connectivity index (χ0) is 19.4. The highest BCUT2D eigenvalue weighted by atomic mass is 32.2. The first-order valence-electron chi connectivity index (χ1n) is 9.68. The molecule has 0 saturated carbocycles. The Morgan fingerprint density at radius 1 is 1.19 bits per heavy atom. The van der Waals surface area contributed by atoms with Crippen molar-refractivity contribution >= 4 is 23.5 Å². The van der Waals surface area contributed by atoms with Crippen LogP contribution in [0.4, 0.5) is 10.5 Å². The molecule has 3 N–H and O–H groups in total. The number of benzene rings is 1. The predicted molar refractivity (Wildman–Crippen MR) is 109 cm³/mol. The van der Waals surface area contributed by atoms with E-state index < -0.39 is 0 Å². The van der Waals surface area contributed by atoms with Gasteiger partial charge < -0.3 is 25.3 Å². The number of piperidine rings is 1. The second-order valence-electron chi connectivity index (χ2n) is 8.15. The number of thioether (sulfide) groups is 1. The maximum absolute atomic E-state index is 12.5. The Bertz CT molecular complexity index is 638. The Labute approximate surface area is 165 Å². The minimum Gasteiger partial charge on any atom is -0.396 e. The van der Waals surface area contributed by atoms with Crippen molar-refractivity contribution in [1.82, 2.24) is 10.2 Å². The van der Waals surface area contributed by atoms with Crippen LogP contribution in [0, 0.1) is 11.3 Å². The monoisotopic (exact) mass is 393 g/mol. The number of urea groups is 1. The summed E-state index contributed by atoms with van der Waals surface area (Å²) < 4.78 is 0. The number of carbonyl (C=O) groups is 1. The third-order valence-electron chi connectivity index (χ3n) is 5.62. The van der Waals surface area contributed by atoms with E-state index in [1.807, 2.05) is 4.90 Å². The lowest BCUT2D eigenvalue weighted by atomic mass is 9.73. The lowest BCUT2D eigenvalue weighted by Gasteiger charge is -2.48. The second-order valence-corrected chi connectivity index (χ2v) is 9.32. The summed E-state index contributed by atoms with van der Waals surface area (Å²) in [5.74, 6) is 1.14. The number of carbonyl (C=O) groups excluding carboxylic acids is 1. The van der Waals surface area contributed by atoms with Gasteiger partial charge in [0.1, 0.15) is 0 Å². The molecule has 4 rings (SSSR count).